The lowest BCUT2D eigenvalue weighted by molar-refractivity contribution is -0.107. The van der Waals surface area contributed by atoms with Crippen molar-refractivity contribution < 1.29 is 23.7 Å². The van der Waals surface area contributed by atoms with Gasteiger partial charge in [-0.3, -0.25) is 0 Å². The fourth-order valence-electron chi connectivity index (χ4n) is 1.61. The van der Waals surface area contributed by atoms with E-state index in [4.69, 9.17) is 18.9 Å². The second kappa shape index (κ2) is 6.98. The average molecular weight is 254 g/mol. The Balaban J connectivity index is 3.12. The molecule has 0 radical (unpaired) electrons. The van der Waals surface area contributed by atoms with Crippen molar-refractivity contribution in [1.82, 2.24) is 0 Å². The Morgan fingerprint density at radius 3 is 2.39 bits per heavy atom. The average Bonchev–Trinajstić information content (AvgIpc) is 2.40. The molecule has 0 aromatic heterocycles. The van der Waals surface area contributed by atoms with E-state index in [2.05, 4.69) is 0 Å². The minimum absolute atomic E-state index is 0.332. The molecule has 5 nitrogen and oxygen atoms in total. The molecule has 0 aliphatic heterocycles. The smallest absolute Gasteiger partial charge is 0.338 e. The summed E-state index contributed by atoms with van der Waals surface area (Å²) in [5.41, 5.74) is 1.08. The van der Waals surface area contributed by atoms with Gasteiger partial charge in [-0.15, -0.1) is 0 Å². The topological polar surface area (TPSA) is 54.0 Å². The molecular formula is C13H18O5. The third kappa shape index (κ3) is 3.21. The molecule has 0 aliphatic carbocycles. The first-order chi connectivity index (χ1) is 8.67. The number of hydrogen-bond acceptors (Lipinski definition) is 5. The molecule has 1 aromatic rings. The van der Waals surface area contributed by atoms with E-state index in [1.54, 1.807) is 32.2 Å². The fourth-order valence-corrected chi connectivity index (χ4v) is 1.61. The van der Waals surface area contributed by atoms with Gasteiger partial charge in [0.25, 0.3) is 0 Å². The largest absolute Gasteiger partial charge is 0.496 e. The third-order valence-electron chi connectivity index (χ3n) is 2.42. The summed E-state index contributed by atoms with van der Waals surface area (Å²) >= 11 is 0. The van der Waals surface area contributed by atoms with Crippen LogP contribution in [0.2, 0.25) is 0 Å². The molecule has 0 spiro atoms. The maximum atomic E-state index is 11.7. The number of carbonyl (C=O) groups excluding carboxylic acids is 1. The second-order valence-corrected chi connectivity index (χ2v) is 3.48. The zero-order valence-corrected chi connectivity index (χ0v) is 11.1. The summed E-state index contributed by atoms with van der Waals surface area (Å²) < 4.78 is 20.5. The van der Waals surface area contributed by atoms with Crippen molar-refractivity contribution in [3.8, 4) is 5.75 Å². The van der Waals surface area contributed by atoms with E-state index in [1.807, 2.05) is 0 Å². The van der Waals surface area contributed by atoms with Gasteiger partial charge in [0.05, 0.1) is 24.8 Å². The molecule has 0 aliphatic rings. The Morgan fingerprint density at radius 1 is 1.22 bits per heavy atom. The maximum absolute atomic E-state index is 11.7. The van der Waals surface area contributed by atoms with Gasteiger partial charge in [0.1, 0.15) is 5.75 Å². The molecule has 0 N–H and O–H groups in total. The molecule has 0 atom stereocenters. The molecule has 1 aromatic carbocycles. The van der Waals surface area contributed by atoms with E-state index in [1.165, 1.54) is 14.2 Å². The Hall–Kier alpha value is -1.59. The summed E-state index contributed by atoms with van der Waals surface area (Å²) in [5.74, 6) is 0.212. The van der Waals surface area contributed by atoms with Crippen LogP contribution in [-0.2, 0) is 14.2 Å². The van der Waals surface area contributed by atoms with E-state index in [9.17, 15) is 4.79 Å². The van der Waals surface area contributed by atoms with E-state index < -0.39 is 6.29 Å². The molecular weight excluding hydrogens is 236 g/mol. The highest BCUT2D eigenvalue weighted by molar-refractivity contribution is 5.89. The SMILES string of the molecule is CCOC(=O)c1ccc(OC)c(C(OC)OC)c1. The number of esters is 1. The molecule has 0 saturated heterocycles. The van der Waals surface area contributed by atoms with Crippen LogP contribution in [-0.4, -0.2) is 33.9 Å². The zero-order chi connectivity index (χ0) is 13.5. The monoisotopic (exact) mass is 254 g/mol. The summed E-state index contributed by atoms with van der Waals surface area (Å²) in [4.78, 5) is 11.7. The number of hydrogen-bond donors (Lipinski definition) is 0. The number of rotatable bonds is 6. The minimum Gasteiger partial charge on any atom is -0.496 e. The van der Waals surface area contributed by atoms with Crippen molar-refractivity contribution in [1.29, 1.82) is 0 Å². The lowest BCUT2D eigenvalue weighted by Crippen LogP contribution is -2.09. The molecule has 0 fully saturated rings. The van der Waals surface area contributed by atoms with Crippen LogP contribution in [0.5, 0.6) is 5.75 Å². The molecule has 100 valence electrons. The fraction of sp³-hybridized carbons (Fsp3) is 0.462. The third-order valence-corrected chi connectivity index (χ3v) is 2.42. The molecule has 18 heavy (non-hydrogen) atoms. The van der Waals surface area contributed by atoms with Gasteiger partial charge in [-0.2, -0.15) is 0 Å². The van der Waals surface area contributed by atoms with Gasteiger partial charge < -0.3 is 18.9 Å². The first-order valence-electron chi connectivity index (χ1n) is 5.58. The normalized spacial score (nSPS) is 10.5. The van der Waals surface area contributed by atoms with E-state index in [-0.39, 0.29) is 5.97 Å². The van der Waals surface area contributed by atoms with Gasteiger partial charge >= 0.3 is 5.97 Å². The predicted molar refractivity (Wildman–Crippen MR) is 65.7 cm³/mol. The minimum atomic E-state index is -0.589. The maximum Gasteiger partial charge on any atom is 0.338 e. The Kier molecular flexibility index (Phi) is 5.61. The van der Waals surface area contributed by atoms with Crippen LogP contribution < -0.4 is 4.74 Å². The second-order valence-electron chi connectivity index (χ2n) is 3.48. The molecule has 0 unspecified atom stereocenters. The quantitative estimate of drug-likeness (QED) is 0.575. The summed E-state index contributed by atoms with van der Waals surface area (Å²) in [6.07, 6.45) is -0.589. The highest BCUT2D eigenvalue weighted by atomic mass is 16.7. The summed E-state index contributed by atoms with van der Waals surface area (Å²) in [6.45, 7) is 2.09. The highest BCUT2D eigenvalue weighted by Crippen LogP contribution is 2.29. The molecule has 0 saturated carbocycles. The van der Waals surface area contributed by atoms with Crippen LogP contribution in [0.25, 0.3) is 0 Å². The van der Waals surface area contributed by atoms with Crippen molar-refractivity contribution in [3.63, 3.8) is 0 Å². The van der Waals surface area contributed by atoms with Gasteiger partial charge in [0.15, 0.2) is 6.29 Å². The van der Waals surface area contributed by atoms with E-state index in [0.29, 0.717) is 23.5 Å². The Morgan fingerprint density at radius 2 is 1.89 bits per heavy atom. The lowest BCUT2D eigenvalue weighted by Gasteiger charge is -2.17. The number of benzene rings is 1. The van der Waals surface area contributed by atoms with E-state index in [0.717, 1.165) is 0 Å². The van der Waals surface area contributed by atoms with Crippen molar-refractivity contribution in [3.05, 3.63) is 29.3 Å². The molecule has 5 heteroatoms. The van der Waals surface area contributed by atoms with Crippen molar-refractivity contribution in [2.75, 3.05) is 27.9 Å². The molecule has 0 amide bonds. The summed E-state index contributed by atoms with van der Waals surface area (Å²) in [6, 6.07) is 4.98. The van der Waals surface area contributed by atoms with Gasteiger partial charge in [0, 0.05) is 14.2 Å². The standard InChI is InChI=1S/C13H18O5/c1-5-18-12(14)9-6-7-11(15-2)10(8-9)13(16-3)17-4/h6-8,13H,5H2,1-4H3. The van der Waals surface area contributed by atoms with Gasteiger partial charge in [0.2, 0.25) is 0 Å². The van der Waals surface area contributed by atoms with Crippen LogP contribution in [0, 0.1) is 0 Å². The number of carbonyl (C=O) groups is 1. The molecule has 0 heterocycles. The van der Waals surface area contributed by atoms with Crippen molar-refractivity contribution in [2.45, 2.75) is 13.2 Å². The lowest BCUT2D eigenvalue weighted by atomic mass is 10.1. The van der Waals surface area contributed by atoms with Crippen molar-refractivity contribution >= 4 is 5.97 Å². The van der Waals surface area contributed by atoms with Gasteiger partial charge in [-0.25, -0.2) is 4.79 Å². The predicted octanol–water partition coefficient (Wildman–Crippen LogP) is 2.16. The summed E-state index contributed by atoms with van der Waals surface area (Å²) in [5, 5.41) is 0. The summed E-state index contributed by atoms with van der Waals surface area (Å²) in [7, 11) is 4.58. The van der Waals surface area contributed by atoms with Crippen LogP contribution in [0.1, 0.15) is 29.1 Å². The Bertz CT molecular complexity index is 398. The molecule has 0 bridgehead atoms. The highest BCUT2D eigenvalue weighted by Gasteiger charge is 2.18. The Labute approximate surface area is 107 Å². The number of methoxy groups -OCH3 is 3. The van der Waals surface area contributed by atoms with Crippen molar-refractivity contribution in [2.24, 2.45) is 0 Å². The van der Waals surface area contributed by atoms with Crippen LogP contribution in [0.3, 0.4) is 0 Å². The van der Waals surface area contributed by atoms with Crippen LogP contribution in [0.15, 0.2) is 18.2 Å². The number of ether oxygens (including phenoxy) is 4. The first kappa shape index (κ1) is 14.5. The molecule has 1 rings (SSSR count). The first-order valence-corrected chi connectivity index (χ1v) is 5.58. The van der Waals surface area contributed by atoms with Gasteiger partial charge in [-0.1, -0.05) is 0 Å². The van der Waals surface area contributed by atoms with Crippen LogP contribution >= 0.6 is 0 Å². The van der Waals surface area contributed by atoms with Crippen LogP contribution in [0.4, 0.5) is 0 Å². The zero-order valence-electron chi connectivity index (χ0n) is 11.1. The van der Waals surface area contributed by atoms with E-state index >= 15 is 0 Å². The van der Waals surface area contributed by atoms with Gasteiger partial charge in [-0.05, 0) is 25.1 Å².